The molecule has 18 heavy (non-hydrogen) atoms. The SMILES string of the molecule is Cc1nc(C)c(C(N)C2CCOC3(CCC3)C2)s1. The average molecular weight is 266 g/mol. The first-order chi connectivity index (χ1) is 8.60. The van der Waals surface area contributed by atoms with Crippen molar-refractivity contribution in [2.75, 3.05) is 6.61 Å². The minimum absolute atomic E-state index is 0.151. The minimum atomic E-state index is 0.151. The summed E-state index contributed by atoms with van der Waals surface area (Å²) in [6.07, 6.45) is 6.03. The predicted molar refractivity (Wildman–Crippen MR) is 73.8 cm³/mol. The van der Waals surface area contributed by atoms with E-state index in [4.69, 9.17) is 10.5 Å². The monoisotopic (exact) mass is 266 g/mol. The van der Waals surface area contributed by atoms with E-state index in [1.54, 1.807) is 11.3 Å². The zero-order valence-electron chi connectivity index (χ0n) is 11.2. The molecule has 1 aliphatic heterocycles. The molecule has 1 aliphatic carbocycles. The molecular weight excluding hydrogens is 244 g/mol. The standard InChI is InChI=1S/C14H22N2OS/c1-9-13(18-10(2)16-9)12(15)11-4-7-17-14(8-11)5-3-6-14/h11-12H,3-8,15H2,1-2H3. The summed E-state index contributed by atoms with van der Waals surface area (Å²) in [5, 5.41) is 1.13. The molecule has 2 unspecified atom stereocenters. The fourth-order valence-corrected chi connectivity index (χ4v) is 4.38. The first-order valence-electron chi connectivity index (χ1n) is 6.93. The quantitative estimate of drug-likeness (QED) is 0.894. The lowest BCUT2D eigenvalue weighted by molar-refractivity contribution is -0.146. The highest BCUT2D eigenvalue weighted by atomic mass is 32.1. The lowest BCUT2D eigenvalue weighted by Gasteiger charge is -2.48. The van der Waals surface area contributed by atoms with E-state index in [0.717, 1.165) is 30.2 Å². The topological polar surface area (TPSA) is 48.1 Å². The molecule has 2 heterocycles. The number of rotatable bonds is 2. The Morgan fingerprint density at radius 1 is 1.44 bits per heavy atom. The molecule has 1 saturated heterocycles. The van der Waals surface area contributed by atoms with Gasteiger partial charge < -0.3 is 10.5 Å². The third-order valence-corrected chi connectivity index (χ3v) is 5.72. The molecule has 1 saturated carbocycles. The van der Waals surface area contributed by atoms with Gasteiger partial charge in [-0.15, -0.1) is 11.3 Å². The van der Waals surface area contributed by atoms with E-state index >= 15 is 0 Å². The second kappa shape index (κ2) is 4.58. The third kappa shape index (κ3) is 2.10. The highest BCUT2D eigenvalue weighted by Crippen LogP contribution is 2.47. The van der Waals surface area contributed by atoms with Crippen molar-refractivity contribution < 1.29 is 4.74 Å². The summed E-state index contributed by atoms with van der Waals surface area (Å²) in [6, 6.07) is 0.151. The number of ether oxygens (including phenoxy) is 1. The molecule has 100 valence electrons. The van der Waals surface area contributed by atoms with Crippen LogP contribution in [-0.4, -0.2) is 17.2 Å². The van der Waals surface area contributed by atoms with E-state index in [1.165, 1.54) is 24.1 Å². The van der Waals surface area contributed by atoms with Crippen molar-refractivity contribution in [3.8, 4) is 0 Å². The highest BCUT2D eigenvalue weighted by Gasteiger charge is 2.44. The second-order valence-electron chi connectivity index (χ2n) is 5.85. The summed E-state index contributed by atoms with van der Waals surface area (Å²) in [4.78, 5) is 5.79. The molecular formula is C14H22N2OS. The van der Waals surface area contributed by atoms with Crippen LogP contribution in [0.4, 0.5) is 0 Å². The Morgan fingerprint density at radius 3 is 2.78 bits per heavy atom. The van der Waals surface area contributed by atoms with Crippen LogP contribution in [-0.2, 0) is 4.74 Å². The van der Waals surface area contributed by atoms with Crippen LogP contribution in [0.3, 0.4) is 0 Å². The van der Waals surface area contributed by atoms with Crippen molar-refractivity contribution in [2.45, 2.75) is 57.6 Å². The van der Waals surface area contributed by atoms with Crippen molar-refractivity contribution >= 4 is 11.3 Å². The molecule has 0 bridgehead atoms. The maximum Gasteiger partial charge on any atom is 0.0900 e. The van der Waals surface area contributed by atoms with Gasteiger partial charge in [0.25, 0.3) is 0 Å². The average Bonchev–Trinajstić information content (AvgIpc) is 2.66. The summed E-state index contributed by atoms with van der Waals surface area (Å²) < 4.78 is 5.99. The first-order valence-corrected chi connectivity index (χ1v) is 7.75. The van der Waals surface area contributed by atoms with Crippen molar-refractivity contribution in [1.29, 1.82) is 0 Å². The molecule has 4 heteroatoms. The maximum absolute atomic E-state index is 6.50. The molecule has 2 N–H and O–H groups in total. The zero-order chi connectivity index (χ0) is 12.8. The van der Waals surface area contributed by atoms with Gasteiger partial charge in [0.1, 0.15) is 0 Å². The molecule has 0 amide bonds. The molecule has 3 rings (SSSR count). The Morgan fingerprint density at radius 2 is 2.22 bits per heavy atom. The lowest BCUT2D eigenvalue weighted by Crippen LogP contribution is -2.47. The van der Waals surface area contributed by atoms with E-state index < -0.39 is 0 Å². The Hall–Kier alpha value is -0.450. The van der Waals surface area contributed by atoms with E-state index in [0.29, 0.717) is 5.92 Å². The Balaban J connectivity index is 1.75. The number of hydrogen-bond acceptors (Lipinski definition) is 4. The molecule has 3 nitrogen and oxygen atoms in total. The summed E-state index contributed by atoms with van der Waals surface area (Å²) >= 11 is 1.76. The molecule has 2 aliphatic rings. The van der Waals surface area contributed by atoms with E-state index in [2.05, 4.69) is 18.8 Å². The van der Waals surface area contributed by atoms with Crippen molar-refractivity contribution in [2.24, 2.45) is 11.7 Å². The van der Waals surface area contributed by atoms with Crippen LogP contribution < -0.4 is 5.73 Å². The van der Waals surface area contributed by atoms with Gasteiger partial charge in [-0.25, -0.2) is 4.98 Å². The Kier molecular flexibility index (Phi) is 3.20. The zero-order valence-corrected chi connectivity index (χ0v) is 12.1. The summed E-state index contributed by atoms with van der Waals surface area (Å²) in [6.45, 7) is 5.03. The van der Waals surface area contributed by atoms with Crippen molar-refractivity contribution in [1.82, 2.24) is 4.98 Å². The van der Waals surface area contributed by atoms with Gasteiger partial charge in [-0.3, -0.25) is 0 Å². The normalized spacial score (nSPS) is 28.1. The molecule has 0 radical (unpaired) electrons. The van der Waals surface area contributed by atoms with Crippen molar-refractivity contribution in [3.05, 3.63) is 15.6 Å². The van der Waals surface area contributed by atoms with Gasteiger partial charge >= 0.3 is 0 Å². The van der Waals surface area contributed by atoms with E-state index in [1.807, 2.05) is 0 Å². The van der Waals surface area contributed by atoms with Gasteiger partial charge in [0.05, 0.1) is 16.3 Å². The molecule has 1 aromatic rings. The number of aromatic nitrogens is 1. The third-order valence-electron chi connectivity index (χ3n) is 4.55. The van der Waals surface area contributed by atoms with Crippen LogP contribution in [0.2, 0.25) is 0 Å². The molecule has 1 spiro atoms. The minimum Gasteiger partial charge on any atom is -0.375 e. The first kappa shape index (κ1) is 12.6. The number of thiazole rings is 1. The summed E-state index contributed by atoms with van der Waals surface area (Å²) in [7, 11) is 0. The highest BCUT2D eigenvalue weighted by molar-refractivity contribution is 7.11. The predicted octanol–water partition coefficient (Wildman–Crippen LogP) is 3.11. The van der Waals surface area contributed by atoms with Crippen LogP contribution in [0.25, 0.3) is 0 Å². The van der Waals surface area contributed by atoms with Gasteiger partial charge in [0.2, 0.25) is 0 Å². The van der Waals surface area contributed by atoms with Crippen LogP contribution in [0.1, 0.15) is 53.7 Å². The largest absolute Gasteiger partial charge is 0.375 e. The van der Waals surface area contributed by atoms with Crippen molar-refractivity contribution in [3.63, 3.8) is 0 Å². The number of hydrogen-bond donors (Lipinski definition) is 1. The smallest absolute Gasteiger partial charge is 0.0900 e. The van der Waals surface area contributed by atoms with Gasteiger partial charge in [-0.2, -0.15) is 0 Å². The van der Waals surface area contributed by atoms with Gasteiger partial charge in [0.15, 0.2) is 0 Å². The molecule has 2 fully saturated rings. The fraction of sp³-hybridized carbons (Fsp3) is 0.786. The lowest BCUT2D eigenvalue weighted by atomic mass is 9.70. The molecule has 2 atom stereocenters. The number of aryl methyl sites for hydroxylation is 2. The summed E-state index contributed by atoms with van der Waals surface area (Å²) in [5.41, 5.74) is 7.81. The Labute approximate surface area is 113 Å². The van der Waals surface area contributed by atoms with Crippen LogP contribution in [0.15, 0.2) is 0 Å². The van der Waals surface area contributed by atoms with Crippen LogP contribution >= 0.6 is 11.3 Å². The summed E-state index contributed by atoms with van der Waals surface area (Å²) in [5.74, 6) is 0.567. The van der Waals surface area contributed by atoms with Gasteiger partial charge in [-0.05, 0) is 51.9 Å². The second-order valence-corrected chi connectivity index (χ2v) is 7.08. The van der Waals surface area contributed by atoms with Gasteiger partial charge in [-0.1, -0.05) is 0 Å². The molecule has 0 aromatic carbocycles. The van der Waals surface area contributed by atoms with Gasteiger partial charge in [0, 0.05) is 17.5 Å². The van der Waals surface area contributed by atoms with E-state index in [9.17, 15) is 0 Å². The number of nitrogens with zero attached hydrogens (tertiary/aromatic N) is 1. The number of nitrogens with two attached hydrogens (primary N) is 1. The van der Waals surface area contributed by atoms with Crippen LogP contribution in [0, 0.1) is 19.8 Å². The maximum atomic E-state index is 6.50. The van der Waals surface area contributed by atoms with E-state index in [-0.39, 0.29) is 11.6 Å². The molecule has 1 aromatic heterocycles. The van der Waals surface area contributed by atoms with Crippen LogP contribution in [0.5, 0.6) is 0 Å². The fourth-order valence-electron chi connectivity index (χ4n) is 3.36. The Bertz CT molecular complexity index is 439.